The maximum Gasteiger partial charge on any atom is 0.252 e. The van der Waals surface area contributed by atoms with E-state index in [0.717, 1.165) is 16.7 Å². The summed E-state index contributed by atoms with van der Waals surface area (Å²) in [7, 11) is 0. The lowest BCUT2D eigenvalue weighted by Crippen LogP contribution is -2.41. The number of carbonyl (C=O) groups is 1. The molecule has 0 bridgehead atoms. The normalized spacial score (nSPS) is 19.9. The van der Waals surface area contributed by atoms with Gasteiger partial charge in [0.25, 0.3) is 5.91 Å². The van der Waals surface area contributed by atoms with Gasteiger partial charge < -0.3 is 9.64 Å². The van der Waals surface area contributed by atoms with Gasteiger partial charge in [-0.2, -0.15) is 0 Å². The topological polar surface area (TPSA) is 29.5 Å². The number of hydrogen-bond donors (Lipinski definition) is 0. The van der Waals surface area contributed by atoms with Crippen molar-refractivity contribution in [1.82, 2.24) is 4.90 Å². The third kappa shape index (κ3) is 3.10. The standard InChI is InChI=1S/C17H23NO2/c1-12-13(2)16(20-17(3,4)5)18(15(12)19)11-14-9-7-6-8-10-14/h6-10,16H,11H2,1-5H3. The van der Waals surface area contributed by atoms with Crippen LogP contribution in [0.4, 0.5) is 0 Å². The number of carbonyl (C=O) groups excluding carboxylic acids is 1. The average Bonchev–Trinajstić information content (AvgIpc) is 2.56. The van der Waals surface area contributed by atoms with Gasteiger partial charge in [-0.3, -0.25) is 4.79 Å². The van der Waals surface area contributed by atoms with Gasteiger partial charge in [0, 0.05) is 12.1 Å². The average molecular weight is 273 g/mol. The molecular weight excluding hydrogens is 250 g/mol. The second-order valence-electron chi connectivity index (χ2n) is 6.31. The summed E-state index contributed by atoms with van der Waals surface area (Å²) in [5.74, 6) is 0.0700. The minimum absolute atomic E-state index is 0.0700. The van der Waals surface area contributed by atoms with E-state index in [2.05, 4.69) is 0 Å². The molecule has 1 atom stereocenters. The Hall–Kier alpha value is -1.61. The molecule has 2 rings (SSSR count). The molecule has 20 heavy (non-hydrogen) atoms. The van der Waals surface area contributed by atoms with Crippen LogP contribution >= 0.6 is 0 Å². The fourth-order valence-electron chi connectivity index (χ4n) is 2.33. The van der Waals surface area contributed by atoms with Gasteiger partial charge in [-0.1, -0.05) is 30.3 Å². The number of nitrogens with zero attached hydrogens (tertiary/aromatic N) is 1. The largest absolute Gasteiger partial charge is 0.349 e. The summed E-state index contributed by atoms with van der Waals surface area (Å²) in [5, 5.41) is 0. The Morgan fingerprint density at radius 2 is 1.75 bits per heavy atom. The monoisotopic (exact) mass is 273 g/mol. The van der Waals surface area contributed by atoms with Crippen LogP contribution in [0.15, 0.2) is 41.5 Å². The van der Waals surface area contributed by atoms with Crippen LogP contribution < -0.4 is 0 Å². The molecule has 0 spiro atoms. The predicted molar refractivity (Wildman–Crippen MR) is 80.0 cm³/mol. The second kappa shape index (κ2) is 5.41. The van der Waals surface area contributed by atoms with Crippen molar-refractivity contribution in [2.75, 3.05) is 0 Å². The quantitative estimate of drug-likeness (QED) is 0.843. The molecule has 108 valence electrons. The van der Waals surface area contributed by atoms with E-state index < -0.39 is 0 Å². The van der Waals surface area contributed by atoms with Crippen LogP contribution in [0.25, 0.3) is 0 Å². The third-order valence-corrected chi connectivity index (χ3v) is 3.49. The first-order chi connectivity index (χ1) is 9.29. The van der Waals surface area contributed by atoms with E-state index >= 15 is 0 Å². The van der Waals surface area contributed by atoms with Crippen molar-refractivity contribution < 1.29 is 9.53 Å². The Morgan fingerprint density at radius 1 is 1.15 bits per heavy atom. The van der Waals surface area contributed by atoms with Crippen LogP contribution in [-0.2, 0) is 16.1 Å². The summed E-state index contributed by atoms with van der Waals surface area (Å²) in [5.41, 5.74) is 2.65. The Morgan fingerprint density at radius 3 is 2.30 bits per heavy atom. The maximum atomic E-state index is 12.4. The zero-order valence-corrected chi connectivity index (χ0v) is 12.9. The first kappa shape index (κ1) is 14.8. The lowest BCUT2D eigenvalue weighted by atomic mass is 10.1. The predicted octanol–water partition coefficient (Wildman–Crippen LogP) is 3.51. The molecule has 1 aromatic carbocycles. The highest BCUT2D eigenvalue weighted by Gasteiger charge is 2.37. The molecule has 0 aromatic heterocycles. The molecule has 1 heterocycles. The van der Waals surface area contributed by atoms with Gasteiger partial charge in [0.2, 0.25) is 0 Å². The molecule has 1 amide bonds. The summed E-state index contributed by atoms with van der Waals surface area (Å²) in [4.78, 5) is 14.2. The summed E-state index contributed by atoms with van der Waals surface area (Å²) < 4.78 is 6.08. The maximum absolute atomic E-state index is 12.4. The summed E-state index contributed by atoms with van der Waals surface area (Å²) >= 11 is 0. The second-order valence-corrected chi connectivity index (χ2v) is 6.31. The fourth-order valence-corrected chi connectivity index (χ4v) is 2.33. The van der Waals surface area contributed by atoms with Crippen molar-refractivity contribution in [3.63, 3.8) is 0 Å². The van der Waals surface area contributed by atoms with Crippen LogP contribution in [-0.4, -0.2) is 22.6 Å². The molecule has 0 aliphatic carbocycles. The molecule has 0 fully saturated rings. The molecule has 1 unspecified atom stereocenters. The Balaban J connectivity index is 2.24. The number of ether oxygens (including phenoxy) is 1. The Labute approximate surface area is 121 Å². The molecule has 1 aliphatic heterocycles. The van der Waals surface area contributed by atoms with Crippen molar-refractivity contribution >= 4 is 5.91 Å². The first-order valence-electron chi connectivity index (χ1n) is 6.99. The van der Waals surface area contributed by atoms with Gasteiger partial charge in [-0.25, -0.2) is 0 Å². The van der Waals surface area contributed by atoms with Gasteiger partial charge in [0.15, 0.2) is 6.23 Å². The smallest absolute Gasteiger partial charge is 0.252 e. The van der Waals surface area contributed by atoms with Crippen LogP contribution in [0.1, 0.15) is 40.2 Å². The molecule has 0 saturated heterocycles. The molecule has 3 nitrogen and oxygen atoms in total. The molecule has 0 saturated carbocycles. The lowest BCUT2D eigenvalue weighted by Gasteiger charge is -2.32. The van der Waals surface area contributed by atoms with E-state index in [-0.39, 0.29) is 17.7 Å². The zero-order valence-electron chi connectivity index (χ0n) is 12.9. The summed E-state index contributed by atoms with van der Waals surface area (Å²) in [6, 6.07) is 10.0. The minimum atomic E-state index is -0.286. The highest BCUT2D eigenvalue weighted by Crippen LogP contribution is 2.30. The lowest BCUT2D eigenvalue weighted by molar-refractivity contribution is -0.147. The minimum Gasteiger partial charge on any atom is -0.349 e. The van der Waals surface area contributed by atoms with Crippen LogP contribution in [0, 0.1) is 0 Å². The van der Waals surface area contributed by atoms with Gasteiger partial charge in [-0.15, -0.1) is 0 Å². The number of amides is 1. The van der Waals surface area contributed by atoms with E-state index in [1.807, 2.05) is 69.9 Å². The SMILES string of the molecule is CC1=C(C)C(OC(C)(C)C)N(Cc2ccccc2)C1=O. The van der Waals surface area contributed by atoms with Gasteiger partial charge in [0.1, 0.15) is 0 Å². The van der Waals surface area contributed by atoms with E-state index in [1.54, 1.807) is 0 Å². The van der Waals surface area contributed by atoms with Crippen LogP contribution in [0.2, 0.25) is 0 Å². The molecule has 1 aliphatic rings. The first-order valence-corrected chi connectivity index (χ1v) is 6.99. The van der Waals surface area contributed by atoms with Gasteiger partial charge in [-0.05, 0) is 45.8 Å². The van der Waals surface area contributed by atoms with E-state index in [0.29, 0.717) is 6.54 Å². The van der Waals surface area contributed by atoms with Crippen molar-refractivity contribution in [1.29, 1.82) is 0 Å². The number of rotatable bonds is 3. The fraction of sp³-hybridized carbons (Fsp3) is 0.471. The molecule has 0 radical (unpaired) electrons. The van der Waals surface area contributed by atoms with E-state index in [9.17, 15) is 4.79 Å². The van der Waals surface area contributed by atoms with Crippen LogP contribution in [0.3, 0.4) is 0 Å². The Kier molecular flexibility index (Phi) is 4.00. The van der Waals surface area contributed by atoms with Gasteiger partial charge in [0.05, 0.1) is 5.60 Å². The zero-order chi connectivity index (χ0) is 14.9. The van der Waals surface area contributed by atoms with Gasteiger partial charge >= 0.3 is 0 Å². The van der Waals surface area contributed by atoms with Crippen molar-refractivity contribution in [2.45, 2.75) is 53.0 Å². The molecule has 1 aromatic rings. The third-order valence-electron chi connectivity index (χ3n) is 3.49. The van der Waals surface area contributed by atoms with Crippen molar-refractivity contribution in [3.05, 3.63) is 47.0 Å². The Bertz CT molecular complexity index is 526. The van der Waals surface area contributed by atoms with Crippen molar-refractivity contribution in [2.24, 2.45) is 0 Å². The number of hydrogen-bond acceptors (Lipinski definition) is 2. The molecule has 3 heteroatoms. The van der Waals surface area contributed by atoms with E-state index in [1.165, 1.54) is 0 Å². The van der Waals surface area contributed by atoms with E-state index in [4.69, 9.17) is 4.74 Å². The highest BCUT2D eigenvalue weighted by atomic mass is 16.5. The summed E-state index contributed by atoms with van der Waals surface area (Å²) in [6.07, 6.45) is -0.261. The number of benzene rings is 1. The summed E-state index contributed by atoms with van der Waals surface area (Å²) in [6.45, 7) is 10.5. The highest BCUT2D eigenvalue weighted by molar-refractivity contribution is 5.96. The van der Waals surface area contributed by atoms with Crippen molar-refractivity contribution in [3.8, 4) is 0 Å². The molecular formula is C17H23NO2. The molecule has 0 N–H and O–H groups in total. The van der Waals surface area contributed by atoms with Crippen LogP contribution in [0.5, 0.6) is 0 Å².